The van der Waals surface area contributed by atoms with Crippen molar-refractivity contribution in [2.24, 2.45) is 4.40 Å². The molecule has 150 valence electrons. The van der Waals surface area contributed by atoms with E-state index in [9.17, 15) is 13.2 Å². The molecule has 2 aliphatic heterocycles. The van der Waals surface area contributed by atoms with Crippen molar-refractivity contribution in [3.8, 4) is 5.69 Å². The zero-order valence-corrected chi connectivity index (χ0v) is 17.2. The standard InChI is InChI=1S/C20H21N5O3S/c1-13-9-14(2)11-16(10-13)25-18(12-15(3)22-25)21-20(26)17-5-4-6-24-7-8-29(27,28)23-19(17)24/h4-6,9-12H,7-8H2,1-3H3,(H,21,26). The molecule has 3 heterocycles. The maximum absolute atomic E-state index is 13.0. The highest BCUT2D eigenvalue weighted by Gasteiger charge is 2.30. The van der Waals surface area contributed by atoms with Gasteiger partial charge in [-0.15, -0.1) is 4.40 Å². The van der Waals surface area contributed by atoms with E-state index in [4.69, 9.17) is 0 Å². The van der Waals surface area contributed by atoms with Crippen LogP contribution in [-0.2, 0) is 14.8 Å². The van der Waals surface area contributed by atoms with Crippen LogP contribution in [0.2, 0.25) is 0 Å². The number of amidine groups is 1. The molecule has 29 heavy (non-hydrogen) atoms. The first-order valence-electron chi connectivity index (χ1n) is 9.17. The van der Waals surface area contributed by atoms with Gasteiger partial charge in [-0.25, -0.2) is 13.1 Å². The molecule has 4 rings (SSSR count). The first kappa shape index (κ1) is 19.1. The third-order valence-corrected chi connectivity index (χ3v) is 5.78. The van der Waals surface area contributed by atoms with E-state index in [1.54, 1.807) is 34.0 Å². The number of rotatable bonds is 3. The van der Waals surface area contributed by atoms with Crippen LogP contribution < -0.4 is 5.32 Å². The zero-order chi connectivity index (χ0) is 20.8. The zero-order valence-electron chi connectivity index (χ0n) is 16.4. The highest BCUT2D eigenvalue weighted by Crippen LogP contribution is 2.22. The Labute approximate surface area is 169 Å². The molecule has 1 aromatic heterocycles. The molecule has 0 bridgehead atoms. The lowest BCUT2D eigenvalue weighted by Crippen LogP contribution is -2.41. The number of benzene rings is 1. The fraction of sp³-hybridized carbons (Fsp3) is 0.250. The van der Waals surface area contributed by atoms with E-state index in [0.29, 0.717) is 5.82 Å². The Kier molecular flexibility index (Phi) is 4.62. The number of sulfonamides is 1. The molecule has 0 spiro atoms. The predicted octanol–water partition coefficient (Wildman–Crippen LogP) is 2.23. The van der Waals surface area contributed by atoms with Gasteiger partial charge in [0, 0.05) is 18.8 Å². The molecule has 0 atom stereocenters. The van der Waals surface area contributed by atoms with Crippen LogP contribution in [0.4, 0.5) is 5.82 Å². The van der Waals surface area contributed by atoms with Gasteiger partial charge in [-0.05, 0) is 56.2 Å². The van der Waals surface area contributed by atoms with Gasteiger partial charge in [0.05, 0.1) is 22.7 Å². The third kappa shape index (κ3) is 3.86. The van der Waals surface area contributed by atoms with E-state index in [2.05, 4.69) is 20.9 Å². The lowest BCUT2D eigenvalue weighted by atomic mass is 10.1. The molecule has 0 aliphatic carbocycles. The van der Waals surface area contributed by atoms with Crippen LogP contribution in [0, 0.1) is 20.8 Å². The Balaban J connectivity index is 1.68. The fourth-order valence-electron chi connectivity index (χ4n) is 3.44. The molecule has 9 heteroatoms. The minimum Gasteiger partial charge on any atom is -0.331 e. The van der Waals surface area contributed by atoms with Gasteiger partial charge < -0.3 is 10.2 Å². The Morgan fingerprint density at radius 3 is 2.55 bits per heavy atom. The monoisotopic (exact) mass is 411 g/mol. The van der Waals surface area contributed by atoms with Gasteiger partial charge in [0.1, 0.15) is 5.82 Å². The molecule has 1 amide bonds. The summed E-state index contributed by atoms with van der Waals surface area (Å²) >= 11 is 0. The lowest BCUT2D eigenvalue weighted by Gasteiger charge is -2.28. The third-order valence-electron chi connectivity index (χ3n) is 4.63. The van der Waals surface area contributed by atoms with Crippen molar-refractivity contribution in [2.75, 3.05) is 17.6 Å². The van der Waals surface area contributed by atoms with Crippen molar-refractivity contribution in [3.63, 3.8) is 0 Å². The van der Waals surface area contributed by atoms with Gasteiger partial charge >= 0.3 is 0 Å². The van der Waals surface area contributed by atoms with E-state index >= 15 is 0 Å². The SMILES string of the molecule is Cc1cc(C)cc(-n2nc(C)cc2NC(=O)C2=CC=CN3CCS(=O)(=O)N=C23)c1. The van der Waals surface area contributed by atoms with Crippen LogP contribution in [0.25, 0.3) is 5.69 Å². The number of nitrogens with zero attached hydrogens (tertiary/aromatic N) is 4. The highest BCUT2D eigenvalue weighted by atomic mass is 32.2. The maximum atomic E-state index is 13.0. The van der Waals surface area contributed by atoms with Crippen LogP contribution in [0.1, 0.15) is 16.8 Å². The normalized spacial score (nSPS) is 17.4. The van der Waals surface area contributed by atoms with Gasteiger partial charge in [0.2, 0.25) is 0 Å². The summed E-state index contributed by atoms with van der Waals surface area (Å²) in [6, 6.07) is 7.80. The number of aromatic nitrogens is 2. The summed E-state index contributed by atoms with van der Waals surface area (Å²) in [4.78, 5) is 14.7. The van der Waals surface area contributed by atoms with Crippen LogP contribution in [0.5, 0.6) is 0 Å². The average molecular weight is 411 g/mol. The number of allylic oxidation sites excluding steroid dienone is 2. The average Bonchev–Trinajstić information content (AvgIpc) is 3.00. The minimum atomic E-state index is -3.57. The molecule has 0 unspecified atom stereocenters. The Hall–Kier alpha value is -3.20. The molecule has 0 radical (unpaired) electrons. The number of hydrogen-bond acceptors (Lipinski definition) is 5. The van der Waals surface area contributed by atoms with E-state index in [1.165, 1.54) is 0 Å². The number of aryl methyl sites for hydroxylation is 3. The predicted molar refractivity (Wildman–Crippen MR) is 112 cm³/mol. The van der Waals surface area contributed by atoms with Gasteiger partial charge in [0.15, 0.2) is 5.84 Å². The summed E-state index contributed by atoms with van der Waals surface area (Å²) in [5.41, 5.74) is 3.95. The van der Waals surface area contributed by atoms with Crippen molar-refractivity contribution >= 4 is 27.6 Å². The molecule has 1 N–H and O–H groups in total. The quantitative estimate of drug-likeness (QED) is 0.835. The number of carbonyl (C=O) groups is 1. The number of fused-ring (bicyclic) bond motifs is 1. The Bertz CT molecular complexity index is 1180. The second kappa shape index (κ2) is 7.00. The van der Waals surface area contributed by atoms with Crippen molar-refractivity contribution in [3.05, 3.63) is 65.0 Å². The first-order valence-corrected chi connectivity index (χ1v) is 10.8. The fourth-order valence-corrected chi connectivity index (χ4v) is 4.42. The summed E-state index contributed by atoms with van der Waals surface area (Å²) in [5.74, 6) is 0.124. The van der Waals surface area contributed by atoms with E-state index in [-0.39, 0.29) is 23.7 Å². The highest BCUT2D eigenvalue weighted by molar-refractivity contribution is 7.90. The molecular weight excluding hydrogens is 390 g/mol. The molecule has 0 saturated heterocycles. The first-order chi connectivity index (χ1) is 13.7. The van der Waals surface area contributed by atoms with E-state index < -0.39 is 15.9 Å². The summed E-state index contributed by atoms with van der Waals surface area (Å²) in [5, 5.41) is 7.35. The summed E-state index contributed by atoms with van der Waals surface area (Å²) in [7, 11) is -3.57. The number of anilines is 1. The number of amides is 1. The van der Waals surface area contributed by atoms with E-state index in [0.717, 1.165) is 22.5 Å². The molecule has 8 nitrogen and oxygen atoms in total. The smallest absolute Gasteiger partial charge is 0.260 e. The summed E-state index contributed by atoms with van der Waals surface area (Å²) < 4.78 is 29.3. The lowest BCUT2D eigenvalue weighted by molar-refractivity contribution is -0.112. The van der Waals surface area contributed by atoms with Crippen molar-refractivity contribution < 1.29 is 13.2 Å². The second-order valence-corrected chi connectivity index (χ2v) is 8.95. The van der Waals surface area contributed by atoms with Gasteiger partial charge in [0.25, 0.3) is 15.9 Å². The molecule has 2 aliphatic rings. The van der Waals surface area contributed by atoms with Crippen LogP contribution >= 0.6 is 0 Å². The largest absolute Gasteiger partial charge is 0.331 e. The maximum Gasteiger partial charge on any atom is 0.260 e. The van der Waals surface area contributed by atoms with Crippen molar-refractivity contribution in [1.29, 1.82) is 0 Å². The topological polar surface area (TPSA) is 96.7 Å². The second-order valence-electron chi connectivity index (χ2n) is 7.20. The van der Waals surface area contributed by atoms with Crippen molar-refractivity contribution in [2.45, 2.75) is 20.8 Å². The van der Waals surface area contributed by atoms with Gasteiger partial charge in [-0.2, -0.15) is 5.10 Å². The number of hydrogen-bond donors (Lipinski definition) is 1. The number of nitrogens with one attached hydrogen (secondary N) is 1. The summed E-state index contributed by atoms with van der Waals surface area (Å²) in [6.45, 7) is 6.11. The molecular formula is C20H21N5O3S. The van der Waals surface area contributed by atoms with Crippen LogP contribution in [0.15, 0.2) is 52.6 Å². The molecule has 0 saturated carbocycles. The number of carbonyl (C=O) groups excluding carboxylic acids is 1. The molecule has 0 fully saturated rings. The Morgan fingerprint density at radius 2 is 1.83 bits per heavy atom. The van der Waals surface area contributed by atoms with Crippen LogP contribution in [-0.4, -0.2) is 47.1 Å². The van der Waals surface area contributed by atoms with Gasteiger partial charge in [-0.3, -0.25) is 4.79 Å². The summed E-state index contributed by atoms with van der Waals surface area (Å²) in [6.07, 6.45) is 4.99. The van der Waals surface area contributed by atoms with Crippen molar-refractivity contribution in [1.82, 2.24) is 14.7 Å². The van der Waals surface area contributed by atoms with Crippen LogP contribution in [0.3, 0.4) is 0 Å². The van der Waals surface area contributed by atoms with Gasteiger partial charge in [-0.1, -0.05) is 6.07 Å². The molecule has 1 aromatic carbocycles. The minimum absolute atomic E-state index is 0.0750. The molecule has 2 aromatic rings. The Morgan fingerprint density at radius 1 is 1.10 bits per heavy atom. The van der Waals surface area contributed by atoms with E-state index in [1.807, 2.05) is 32.9 Å².